The number of amides is 1. The number of carbonyl (C=O) groups is 1. The van der Waals surface area contributed by atoms with Gasteiger partial charge in [-0.2, -0.15) is 0 Å². The van der Waals surface area contributed by atoms with Crippen molar-refractivity contribution in [2.45, 2.75) is 31.3 Å². The molecule has 4 heteroatoms. The van der Waals surface area contributed by atoms with Gasteiger partial charge in [0.05, 0.1) is 7.11 Å². The number of fused-ring (bicyclic) bond motifs is 1. The molecule has 1 saturated heterocycles. The van der Waals surface area contributed by atoms with Crippen LogP contribution in [-0.2, 0) is 6.42 Å². The van der Waals surface area contributed by atoms with Crippen molar-refractivity contribution in [3.8, 4) is 11.5 Å². The lowest BCUT2D eigenvalue weighted by Gasteiger charge is -2.44. The third-order valence-electron chi connectivity index (χ3n) is 5.43. The van der Waals surface area contributed by atoms with E-state index in [-0.39, 0.29) is 11.5 Å². The summed E-state index contributed by atoms with van der Waals surface area (Å²) in [7, 11) is 1.69. The first-order valence-corrected chi connectivity index (χ1v) is 8.89. The zero-order chi connectivity index (χ0) is 17.3. The van der Waals surface area contributed by atoms with Crippen molar-refractivity contribution in [3.05, 3.63) is 59.7 Å². The normalized spacial score (nSPS) is 18.4. The molecule has 0 aliphatic carbocycles. The van der Waals surface area contributed by atoms with Crippen LogP contribution in [0.25, 0.3) is 0 Å². The Bertz CT molecular complexity index is 764. The van der Waals surface area contributed by atoms with Crippen LogP contribution >= 0.6 is 0 Å². The number of hydrogen-bond acceptors (Lipinski definition) is 3. The molecule has 0 bridgehead atoms. The van der Waals surface area contributed by atoms with Crippen LogP contribution in [0.4, 0.5) is 0 Å². The average molecular weight is 337 g/mol. The second kappa shape index (κ2) is 6.43. The molecule has 2 aliphatic rings. The minimum atomic E-state index is -0.130. The van der Waals surface area contributed by atoms with Gasteiger partial charge in [-0.1, -0.05) is 18.2 Å². The van der Waals surface area contributed by atoms with Crippen LogP contribution in [0, 0.1) is 0 Å². The van der Waals surface area contributed by atoms with Crippen LogP contribution in [0.2, 0.25) is 0 Å². The van der Waals surface area contributed by atoms with Crippen LogP contribution in [0.5, 0.6) is 11.5 Å². The summed E-state index contributed by atoms with van der Waals surface area (Å²) in [5.41, 5.74) is 1.85. The molecule has 0 unspecified atom stereocenters. The molecule has 1 spiro atoms. The third kappa shape index (κ3) is 3.09. The van der Waals surface area contributed by atoms with Crippen molar-refractivity contribution in [1.29, 1.82) is 0 Å². The zero-order valence-corrected chi connectivity index (χ0v) is 14.5. The van der Waals surface area contributed by atoms with Gasteiger partial charge in [0.15, 0.2) is 0 Å². The second-order valence-corrected chi connectivity index (χ2v) is 6.92. The molecule has 0 saturated carbocycles. The zero-order valence-electron chi connectivity index (χ0n) is 14.5. The molecule has 25 heavy (non-hydrogen) atoms. The molecule has 0 aromatic heterocycles. The Morgan fingerprint density at radius 1 is 1.08 bits per heavy atom. The molecule has 0 N–H and O–H groups in total. The fourth-order valence-electron chi connectivity index (χ4n) is 3.86. The molecular formula is C21H23NO3. The molecule has 0 radical (unpaired) electrons. The number of aryl methyl sites for hydroxylation is 1. The van der Waals surface area contributed by atoms with E-state index in [2.05, 4.69) is 6.07 Å². The maximum absolute atomic E-state index is 12.6. The first-order valence-electron chi connectivity index (χ1n) is 8.89. The molecular weight excluding hydrogens is 314 g/mol. The molecule has 0 atom stereocenters. The number of carbonyl (C=O) groups excluding carboxylic acids is 1. The Hall–Kier alpha value is -2.49. The van der Waals surface area contributed by atoms with E-state index in [1.807, 2.05) is 47.4 Å². The molecule has 2 heterocycles. The average Bonchev–Trinajstić information content (AvgIpc) is 2.68. The standard InChI is InChI=1S/C21H23NO3/c1-24-18-7-8-19-17(15-18)9-10-21(25-19)11-13-22(14-12-21)20(23)16-5-3-2-4-6-16/h2-8,15H,9-14H2,1H3. The number of hydrogen-bond donors (Lipinski definition) is 0. The Morgan fingerprint density at radius 3 is 2.56 bits per heavy atom. The van der Waals surface area contributed by atoms with Crippen molar-refractivity contribution in [3.63, 3.8) is 0 Å². The Labute approximate surface area is 148 Å². The minimum Gasteiger partial charge on any atom is -0.497 e. The van der Waals surface area contributed by atoms with Gasteiger partial charge in [-0.15, -0.1) is 0 Å². The fraction of sp³-hybridized carbons (Fsp3) is 0.381. The summed E-state index contributed by atoms with van der Waals surface area (Å²) in [5.74, 6) is 1.97. The topological polar surface area (TPSA) is 38.8 Å². The maximum atomic E-state index is 12.6. The van der Waals surface area contributed by atoms with Gasteiger partial charge in [0, 0.05) is 31.5 Å². The lowest BCUT2D eigenvalue weighted by molar-refractivity contribution is -0.0107. The summed E-state index contributed by atoms with van der Waals surface area (Å²) in [5, 5.41) is 0. The van der Waals surface area contributed by atoms with Gasteiger partial charge >= 0.3 is 0 Å². The van der Waals surface area contributed by atoms with Crippen LogP contribution in [-0.4, -0.2) is 36.6 Å². The summed E-state index contributed by atoms with van der Waals surface area (Å²) >= 11 is 0. The lowest BCUT2D eigenvalue weighted by Crippen LogP contribution is -2.51. The quantitative estimate of drug-likeness (QED) is 0.839. The monoisotopic (exact) mass is 337 g/mol. The first-order chi connectivity index (χ1) is 12.2. The molecule has 4 rings (SSSR count). The number of likely N-dealkylation sites (tertiary alicyclic amines) is 1. The van der Waals surface area contributed by atoms with Gasteiger partial charge in [-0.05, 0) is 48.7 Å². The Morgan fingerprint density at radius 2 is 1.84 bits per heavy atom. The van der Waals surface area contributed by atoms with Gasteiger partial charge < -0.3 is 14.4 Å². The number of methoxy groups -OCH3 is 1. The van der Waals surface area contributed by atoms with Crippen molar-refractivity contribution in [2.24, 2.45) is 0 Å². The van der Waals surface area contributed by atoms with Gasteiger partial charge in [0.25, 0.3) is 5.91 Å². The van der Waals surface area contributed by atoms with Crippen LogP contribution in [0.15, 0.2) is 48.5 Å². The lowest BCUT2D eigenvalue weighted by atomic mass is 9.83. The van der Waals surface area contributed by atoms with Gasteiger partial charge in [0.1, 0.15) is 17.1 Å². The van der Waals surface area contributed by atoms with E-state index in [0.29, 0.717) is 0 Å². The predicted molar refractivity (Wildman–Crippen MR) is 96.3 cm³/mol. The number of rotatable bonds is 2. The molecule has 130 valence electrons. The van der Waals surface area contributed by atoms with Gasteiger partial charge in [-0.3, -0.25) is 4.79 Å². The molecule has 1 fully saturated rings. The number of nitrogens with zero attached hydrogens (tertiary/aromatic N) is 1. The smallest absolute Gasteiger partial charge is 0.253 e. The van der Waals surface area contributed by atoms with E-state index in [9.17, 15) is 4.79 Å². The summed E-state index contributed by atoms with van der Waals surface area (Å²) in [6.07, 6.45) is 3.77. The molecule has 4 nitrogen and oxygen atoms in total. The van der Waals surface area contributed by atoms with E-state index < -0.39 is 0 Å². The summed E-state index contributed by atoms with van der Waals surface area (Å²) in [6, 6.07) is 15.5. The van der Waals surface area contributed by atoms with Crippen molar-refractivity contribution in [2.75, 3.05) is 20.2 Å². The second-order valence-electron chi connectivity index (χ2n) is 6.92. The highest BCUT2D eigenvalue weighted by Crippen LogP contribution is 2.40. The van der Waals surface area contributed by atoms with E-state index in [4.69, 9.17) is 9.47 Å². The van der Waals surface area contributed by atoms with Gasteiger partial charge in [-0.25, -0.2) is 0 Å². The van der Waals surface area contributed by atoms with E-state index >= 15 is 0 Å². The van der Waals surface area contributed by atoms with E-state index in [1.54, 1.807) is 7.11 Å². The van der Waals surface area contributed by atoms with Gasteiger partial charge in [0.2, 0.25) is 0 Å². The largest absolute Gasteiger partial charge is 0.497 e. The fourth-order valence-corrected chi connectivity index (χ4v) is 3.86. The van der Waals surface area contributed by atoms with Crippen molar-refractivity contribution >= 4 is 5.91 Å². The van der Waals surface area contributed by atoms with Crippen molar-refractivity contribution in [1.82, 2.24) is 4.90 Å². The molecule has 2 aromatic carbocycles. The third-order valence-corrected chi connectivity index (χ3v) is 5.43. The Kier molecular flexibility index (Phi) is 4.12. The summed E-state index contributed by atoms with van der Waals surface area (Å²) in [4.78, 5) is 14.6. The van der Waals surface area contributed by atoms with Crippen molar-refractivity contribution < 1.29 is 14.3 Å². The first kappa shape index (κ1) is 16.0. The van der Waals surface area contributed by atoms with E-state index in [1.165, 1.54) is 5.56 Å². The van der Waals surface area contributed by atoms with Crippen LogP contribution in [0.3, 0.4) is 0 Å². The highest BCUT2D eigenvalue weighted by molar-refractivity contribution is 5.94. The SMILES string of the molecule is COc1ccc2c(c1)CCC1(CCN(C(=O)c3ccccc3)CC1)O2. The predicted octanol–water partition coefficient (Wildman–Crippen LogP) is 3.70. The summed E-state index contributed by atoms with van der Waals surface area (Å²) in [6.45, 7) is 1.50. The molecule has 2 aliphatic heterocycles. The summed E-state index contributed by atoms with van der Waals surface area (Å²) < 4.78 is 11.7. The molecule has 1 amide bonds. The molecule has 2 aromatic rings. The van der Waals surface area contributed by atoms with Crippen LogP contribution < -0.4 is 9.47 Å². The van der Waals surface area contributed by atoms with E-state index in [0.717, 1.165) is 55.8 Å². The number of benzene rings is 2. The maximum Gasteiger partial charge on any atom is 0.253 e. The Balaban J connectivity index is 1.44. The number of ether oxygens (including phenoxy) is 2. The highest BCUT2D eigenvalue weighted by atomic mass is 16.5. The van der Waals surface area contributed by atoms with Crippen LogP contribution in [0.1, 0.15) is 35.2 Å². The minimum absolute atomic E-state index is 0.122. The highest BCUT2D eigenvalue weighted by Gasteiger charge is 2.40. The number of piperidine rings is 1.